The molecule has 0 saturated carbocycles. The van der Waals surface area contributed by atoms with Gasteiger partial charge in [-0.25, -0.2) is 14.4 Å². The number of nitrogen functional groups attached to an aromatic ring is 1. The highest BCUT2D eigenvalue weighted by molar-refractivity contribution is 5.95. The summed E-state index contributed by atoms with van der Waals surface area (Å²) in [5.41, 5.74) is 10.7. The van der Waals surface area contributed by atoms with Gasteiger partial charge in [0.05, 0.1) is 17.5 Å². The van der Waals surface area contributed by atoms with Crippen LogP contribution in [0.2, 0.25) is 0 Å². The van der Waals surface area contributed by atoms with Crippen molar-refractivity contribution >= 4 is 34.0 Å². The standard InChI is InChI=1S/C26H33FN8O/c1-15(2)36-25-23(16(3)22(28)24(33-25)29-11-12-34(4)5)32-26-30-10-9-20(31-26)19-14-35(6)21-8-7-17(27)13-18(19)21/h7-10,13-15H,11-12,28H2,1-6H3,(H,29,33)(H,30,31,32). The fraction of sp³-hybridized carbons (Fsp3) is 0.346. The van der Waals surface area contributed by atoms with Crippen molar-refractivity contribution in [1.82, 2.24) is 24.4 Å². The van der Waals surface area contributed by atoms with E-state index in [1.54, 1.807) is 18.3 Å². The summed E-state index contributed by atoms with van der Waals surface area (Å²) in [6.45, 7) is 7.30. The van der Waals surface area contributed by atoms with Crippen molar-refractivity contribution in [2.75, 3.05) is 43.6 Å². The number of hydrogen-bond acceptors (Lipinski definition) is 8. The molecule has 0 saturated heterocycles. The number of ether oxygens (including phenoxy) is 1. The Bertz CT molecular complexity index is 1380. The highest BCUT2D eigenvalue weighted by Gasteiger charge is 2.19. The number of aryl methyl sites for hydroxylation is 1. The van der Waals surface area contributed by atoms with Crippen LogP contribution in [0.15, 0.2) is 36.7 Å². The molecule has 3 aromatic heterocycles. The van der Waals surface area contributed by atoms with Gasteiger partial charge in [-0.05, 0) is 59.1 Å². The average Bonchev–Trinajstić information content (AvgIpc) is 3.14. The minimum absolute atomic E-state index is 0.103. The van der Waals surface area contributed by atoms with Crippen molar-refractivity contribution in [2.45, 2.75) is 26.9 Å². The number of nitrogens with two attached hydrogens (primary N) is 1. The van der Waals surface area contributed by atoms with Crippen molar-refractivity contribution in [1.29, 1.82) is 0 Å². The largest absolute Gasteiger partial charge is 0.473 e. The minimum atomic E-state index is -0.297. The molecule has 0 unspecified atom stereocenters. The first-order chi connectivity index (χ1) is 17.1. The first kappa shape index (κ1) is 25.2. The van der Waals surface area contributed by atoms with E-state index in [1.807, 2.05) is 52.7 Å². The van der Waals surface area contributed by atoms with E-state index in [4.69, 9.17) is 15.5 Å². The molecule has 0 fully saturated rings. The average molecular weight is 493 g/mol. The maximum Gasteiger partial charge on any atom is 0.240 e. The molecule has 0 aliphatic carbocycles. The van der Waals surface area contributed by atoms with Gasteiger partial charge >= 0.3 is 0 Å². The highest BCUT2D eigenvalue weighted by Crippen LogP contribution is 2.37. The Morgan fingerprint density at radius 1 is 1.19 bits per heavy atom. The number of rotatable bonds is 9. The quantitative estimate of drug-likeness (QED) is 0.312. The van der Waals surface area contributed by atoms with Crippen LogP contribution in [0, 0.1) is 12.7 Å². The van der Waals surface area contributed by atoms with E-state index in [0.29, 0.717) is 41.3 Å². The number of nitrogens with one attached hydrogen (secondary N) is 2. The molecule has 0 spiro atoms. The van der Waals surface area contributed by atoms with Gasteiger partial charge in [0.15, 0.2) is 5.82 Å². The first-order valence-electron chi connectivity index (χ1n) is 11.8. The van der Waals surface area contributed by atoms with Gasteiger partial charge in [0, 0.05) is 54.6 Å². The number of nitrogens with zero attached hydrogens (tertiary/aromatic N) is 5. The summed E-state index contributed by atoms with van der Waals surface area (Å²) in [7, 11) is 5.94. The Labute approximate surface area is 210 Å². The van der Waals surface area contributed by atoms with Crippen LogP contribution in [0.5, 0.6) is 5.88 Å². The molecule has 0 aliphatic rings. The number of hydrogen-bond donors (Lipinski definition) is 3. The number of anilines is 4. The topological polar surface area (TPSA) is 106 Å². The lowest BCUT2D eigenvalue weighted by Crippen LogP contribution is -2.22. The van der Waals surface area contributed by atoms with Crippen LogP contribution in [-0.4, -0.2) is 57.7 Å². The van der Waals surface area contributed by atoms with E-state index in [-0.39, 0.29) is 11.9 Å². The second-order valence-electron chi connectivity index (χ2n) is 9.28. The van der Waals surface area contributed by atoms with Crippen LogP contribution >= 0.6 is 0 Å². The number of likely N-dealkylation sites (N-methyl/N-ethyl adjacent to an activating group) is 1. The molecule has 9 nitrogen and oxygen atoms in total. The number of benzene rings is 1. The number of aromatic nitrogens is 4. The molecule has 0 radical (unpaired) electrons. The van der Waals surface area contributed by atoms with Crippen LogP contribution in [0.1, 0.15) is 19.4 Å². The van der Waals surface area contributed by atoms with E-state index in [0.717, 1.165) is 28.6 Å². The van der Waals surface area contributed by atoms with Crippen molar-refractivity contribution in [3.8, 4) is 17.1 Å². The number of pyridine rings is 1. The predicted octanol–water partition coefficient (Wildman–Crippen LogP) is 4.56. The lowest BCUT2D eigenvalue weighted by molar-refractivity contribution is 0.234. The molecule has 0 bridgehead atoms. The Kier molecular flexibility index (Phi) is 7.25. The maximum absolute atomic E-state index is 14.0. The Morgan fingerprint density at radius 3 is 2.69 bits per heavy atom. The molecule has 0 aliphatic heterocycles. The Hall–Kier alpha value is -3.92. The fourth-order valence-corrected chi connectivity index (χ4v) is 3.93. The Balaban J connectivity index is 1.71. The van der Waals surface area contributed by atoms with Gasteiger partial charge in [0.25, 0.3) is 0 Å². The van der Waals surface area contributed by atoms with Gasteiger partial charge in [0.2, 0.25) is 11.8 Å². The monoisotopic (exact) mass is 492 g/mol. The summed E-state index contributed by atoms with van der Waals surface area (Å²) in [6, 6.07) is 6.53. The third kappa shape index (κ3) is 5.33. The summed E-state index contributed by atoms with van der Waals surface area (Å²) in [5, 5.41) is 7.33. The number of fused-ring (bicyclic) bond motifs is 1. The van der Waals surface area contributed by atoms with E-state index in [1.165, 1.54) is 12.1 Å². The van der Waals surface area contributed by atoms with E-state index < -0.39 is 0 Å². The lowest BCUT2D eigenvalue weighted by Gasteiger charge is -2.20. The van der Waals surface area contributed by atoms with Gasteiger partial charge in [-0.15, -0.1) is 0 Å². The summed E-state index contributed by atoms with van der Waals surface area (Å²) in [6.07, 6.45) is 3.49. The third-order valence-electron chi connectivity index (χ3n) is 5.78. The molecular formula is C26H33FN8O. The van der Waals surface area contributed by atoms with Crippen LogP contribution in [0.4, 0.5) is 27.5 Å². The van der Waals surface area contributed by atoms with E-state index in [2.05, 4.69) is 25.5 Å². The summed E-state index contributed by atoms with van der Waals surface area (Å²) in [5.74, 6) is 1.04. The second-order valence-corrected chi connectivity index (χ2v) is 9.28. The molecular weight excluding hydrogens is 459 g/mol. The van der Waals surface area contributed by atoms with Crippen molar-refractivity contribution in [3.63, 3.8) is 0 Å². The number of halogens is 1. The third-order valence-corrected chi connectivity index (χ3v) is 5.78. The SMILES string of the molecule is Cc1c(N)c(NCCN(C)C)nc(OC(C)C)c1Nc1nccc(-c2cn(C)c3ccc(F)cc23)n1. The van der Waals surface area contributed by atoms with E-state index in [9.17, 15) is 4.39 Å². The normalized spacial score (nSPS) is 11.5. The van der Waals surface area contributed by atoms with Gasteiger partial charge in [-0.2, -0.15) is 4.98 Å². The van der Waals surface area contributed by atoms with Gasteiger partial charge in [-0.3, -0.25) is 0 Å². The van der Waals surface area contributed by atoms with Crippen LogP contribution < -0.4 is 21.1 Å². The van der Waals surface area contributed by atoms with Crippen molar-refractivity contribution < 1.29 is 9.13 Å². The second kappa shape index (κ2) is 10.4. The molecule has 0 atom stereocenters. The summed E-state index contributed by atoms with van der Waals surface area (Å²) in [4.78, 5) is 15.8. The fourth-order valence-electron chi connectivity index (χ4n) is 3.93. The molecule has 190 valence electrons. The smallest absolute Gasteiger partial charge is 0.240 e. The van der Waals surface area contributed by atoms with Crippen LogP contribution in [-0.2, 0) is 7.05 Å². The summed E-state index contributed by atoms with van der Waals surface area (Å²) < 4.78 is 22.0. The zero-order valence-corrected chi connectivity index (χ0v) is 21.6. The summed E-state index contributed by atoms with van der Waals surface area (Å²) >= 11 is 0. The molecule has 10 heteroatoms. The molecule has 36 heavy (non-hydrogen) atoms. The lowest BCUT2D eigenvalue weighted by atomic mass is 10.1. The van der Waals surface area contributed by atoms with Gasteiger partial charge in [-0.1, -0.05) is 0 Å². The van der Waals surface area contributed by atoms with Gasteiger partial charge < -0.3 is 30.6 Å². The zero-order chi connectivity index (χ0) is 26.0. The molecule has 0 amide bonds. The minimum Gasteiger partial charge on any atom is -0.473 e. The predicted molar refractivity (Wildman–Crippen MR) is 143 cm³/mol. The van der Waals surface area contributed by atoms with E-state index >= 15 is 0 Å². The van der Waals surface area contributed by atoms with Gasteiger partial charge in [0.1, 0.15) is 11.5 Å². The van der Waals surface area contributed by atoms with Crippen LogP contribution in [0.3, 0.4) is 0 Å². The van der Waals surface area contributed by atoms with Crippen molar-refractivity contribution in [3.05, 3.63) is 48.0 Å². The molecule has 4 aromatic rings. The molecule has 4 rings (SSSR count). The molecule has 1 aromatic carbocycles. The molecule has 3 heterocycles. The maximum atomic E-state index is 14.0. The highest BCUT2D eigenvalue weighted by atomic mass is 19.1. The zero-order valence-electron chi connectivity index (χ0n) is 21.6. The van der Waals surface area contributed by atoms with Crippen LogP contribution in [0.25, 0.3) is 22.2 Å². The Morgan fingerprint density at radius 2 is 1.97 bits per heavy atom. The first-order valence-corrected chi connectivity index (χ1v) is 11.8. The van der Waals surface area contributed by atoms with Crippen molar-refractivity contribution in [2.24, 2.45) is 7.05 Å². The molecule has 4 N–H and O–H groups in total.